The number of Topliss-reactive ketones (excluding diaryl/α,β-unsaturated/α-hetero) is 1. The Morgan fingerprint density at radius 1 is 1.15 bits per heavy atom. The number of carbonyl (C=O) groups excluding carboxylic acids is 2. The summed E-state index contributed by atoms with van der Waals surface area (Å²) in [5.41, 5.74) is 1.25. The van der Waals surface area contributed by atoms with Crippen molar-refractivity contribution in [1.29, 1.82) is 0 Å². The second-order valence-electron chi connectivity index (χ2n) is 10.4. The number of halogens is 2. The molecule has 3 aromatic rings. The molecule has 10 heteroatoms. The molecule has 1 aromatic heterocycles. The molecule has 206 valence electrons. The molecule has 1 amide bonds. The van der Waals surface area contributed by atoms with Gasteiger partial charge in [-0.3, -0.25) is 9.59 Å². The number of aromatic nitrogens is 2. The molecule has 1 saturated carbocycles. The van der Waals surface area contributed by atoms with E-state index in [4.69, 9.17) is 21.1 Å². The fraction of sp³-hybridized carbons (Fsp3) is 0.448. The summed E-state index contributed by atoms with van der Waals surface area (Å²) >= 11 is 6.03. The molecule has 1 aliphatic heterocycles. The Hall–Kier alpha value is -3.46. The molecule has 0 bridgehead atoms. The minimum atomic E-state index is -0.440. The maximum absolute atomic E-state index is 14.7. The number of ether oxygens (including phenoxy) is 2. The molecular formula is C29H32ClFN4O4. The fourth-order valence-electron chi connectivity index (χ4n) is 5.70. The molecular weight excluding hydrogens is 523 g/mol. The van der Waals surface area contributed by atoms with Crippen molar-refractivity contribution in [2.45, 2.75) is 39.5 Å². The third-order valence-corrected chi connectivity index (χ3v) is 8.32. The SMILES string of the molecule is CCC(=O)CC(=O)N1C[C@H]2C[C@@H](COc3cc4ncnc(Nc5ccc(Cl)c(C)c5F)c4cc3OC)C[C@H]2C1. The van der Waals surface area contributed by atoms with E-state index < -0.39 is 5.82 Å². The van der Waals surface area contributed by atoms with Crippen LogP contribution in [0.1, 0.15) is 38.2 Å². The zero-order valence-electron chi connectivity index (χ0n) is 22.3. The van der Waals surface area contributed by atoms with Crippen molar-refractivity contribution in [3.8, 4) is 11.5 Å². The fourth-order valence-corrected chi connectivity index (χ4v) is 5.85. The summed E-state index contributed by atoms with van der Waals surface area (Å²) in [6.07, 6.45) is 3.79. The monoisotopic (exact) mass is 554 g/mol. The van der Waals surface area contributed by atoms with Gasteiger partial charge in [0.2, 0.25) is 5.91 Å². The van der Waals surface area contributed by atoms with Gasteiger partial charge in [0.05, 0.1) is 31.3 Å². The molecule has 8 nitrogen and oxygen atoms in total. The van der Waals surface area contributed by atoms with E-state index in [1.807, 2.05) is 11.0 Å². The molecule has 39 heavy (non-hydrogen) atoms. The number of fused-ring (bicyclic) bond motifs is 2. The van der Waals surface area contributed by atoms with E-state index >= 15 is 0 Å². The lowest BCUT2D eigenvalue weighted by molar-refractivity contribution is -0.134. The van der Waals surface area contributed by atoms with Crippen LogP contribution < -0.4 is 14.8 Å². The summed E-state index contributed by atoms with van der Waals surface area (Å²) in [6.45, 7) is 5.38. The van der Waals surface area contributed by atoms with Gasteiger partial charge < -0.3 is 19.7 Å². The molecule has 2 aliphatic rings. The van der Waals surface area contributed by atoms with E-state index in [1.54, 1.807) is 39.2 Å². The van der Waals surface area contributed by atoms with Crippen molar-refractivity contribution < 1.29 is 23.5 Å². The lowest BCUT2D eigenvalue weighted by atomic mass is 10.0. The molecule has 2 heterocycles. The van der Waals surface area contributed by atoms with Crippen LogP contribution in [0.2, 0.25) is 5.02 Å². The highest BCUT2D eigenvalue weighted by Gasteiger charge is 2.42. The number of amides is 1. The summed E-state index contributed by atoms with van der Waals surface area (Å²) < 4.78 is 26.6. The van der Waals surface area contributed by atoms with E-state index in [-0.39, 0.29) is 23.8 Å². The van der Waals surface area contributed by atoms with Crippen LogP contribution in [-0.4, -0.2) is 53.4 Å². The number of carbonyl (C=O) groups is 2. The van der Waals surface area contributed by atoms with E-state index in [2.05, 4.69) is 15.3 Å². The number of likely N-dealkylation sites (tertiary alicyclic amines) is 1. The minimum absolute atomic E-state index is 0.00641. The summed E-state index contributed by atoms with van der Waals surface area (Å²) in [5.74, 6) is 2.31. The Bertz CT molecular complexity index is 1400. The highest BCUT2D eigenvalue weighted by Crippen LogP contribution is 2.43. The van der Waals surface area contributed by atoms with Gasteiger partial charge in [-0.15, -0.1) is 0 Å². The van der Waals surface area contributed by atoms with Crippen LogP contribution >= 0.6 is 11.6 Å². The molecule has 5 rings (SSSR count). The number of nitrogens with zero attached hydrogens (tertiary/aromatic N) is 3. The Morgan fingerprint density at radius 3 is 2.59 bits per heavy atom. The maximum Gasteiger partial charge on any atom is 0.230 e. The van der Waals surface area contributed by atoms with Crippen molar-refractivity contribution >= 4 is 45.7 Å². The van der Waals surface area contributed by atoms with Gasteiger partial charge in [-0.1, -0.05) is 18.5 Å². The number of nitrogens with one attached hydrogen (secondary N) is 1. The lowest BCUT2D eigenvalue weighted by Crippen LogP contribution is -2.31. The van der Waals surface area contributed by atoms with Crippen molar-refractivity contribution in [2.24, 2.45) is 17.8 Å². The highest BCUT2D eigenvalue weighted by atomic mass is 35.5. The van der Waals surface area contributed by atoms with Crippen LogP contribution in [0.4, 0.5) is 15.9 Å². The Kier molecular flexibility index (Phi) is 7.88. The van der Waals surface area contributed by atoms with Crippen LogP contribution in [0.25, 0.3) is 10.9 Å². The van der Waals surface area contributed by atoms with E-state index in [0.29, 0.717) is 69.6 Å². The third-order valence-electron chi connectivity index (χ3n) is 7.91. The van der Waals surface area contributed by atoms with Gasteiger partial charge in [0.25, 0.3) is 0 Å². The molecule has 0 radical (unpaired) electrons. The smallest absolute Gasteiger partial charge is 0.230 e. The highest BCUT2D eigenvalue weighted by molar-refractivity contribution is 6.31. The first-order chi connectivity index (χ1) is 18.8. The van der Waals surface area contributed by atoms with Gasteiger partial charge in [0, 0.05) is 41.5 Å². The Morgan fingerprint density at radius 2 is 1.90 bits per heavy atom. The standard InChI is InChI=1S/C29H32ClFN4O4/c1-4-20(36)9-27(37)35-12-18-7-17(8-19(18)13-35)14-39-26-11-24-21(10-25(26)38-3)29(33-15-32-24)34-23-6-5-22(30)16(2)28(23)31/h5-6,10-11,15,17-19H,4,7-9,12-14H2,1-3H3,(H,32,33,34)/t17-,18-,19+. The zero-order valence-corrected chi connectivity index (χ0v) is 23.1. The molecule has 2 fully saturated rings. The topological polar surface area (TPSA) is 93.7 Å². The lowest BCUT2D eigenvalue weighted by Gasteiger charge is -2.20. The summed E-state index contributed by atoms with van der Waals surface area (Å²) in [4.78, 5) is 34.6. The average Bonchev–Trinajstić information content (AvgIpc) is 3.51. The minimum Gasteiger partial charge on any atom is -0.493 e. The van der Waals surface area contributed by atoms with Crippen LogP contribution in [0.5, 0.6) is 11.5 Å². The van der Waals surface area contributed by atoms with Crippen molar-refractivity contribution in [1.82, 2.24) is 14.9 Å². The van der Waals surface area contributed by atoms with Crippen molar-refractivity contribution in [3.63, 3.8) is 0 Å². The first kappa shape index (κ1) is 27.1. The molecule has 2 aromatic carbocycles. The zero-order chi connectivity index (χ0) is 27.7. The van der Waals surface area contributed by atoms with Crippen LogP contribution in [0, 0.1) is 30.5 Å². The average molecular weight is 555 g/mol. The number of benzene rings is 2. The molecule has 0 unspecified atom stereocenters. The maximum atomic E-state index is 14.7. The van der Waals surface area contributed by atoms with Crippen molar-refractivity contribution in [2.75, 3.05) is 32.1 Å². The van der Waals surface area contributed by atoms with E-state index in [9.17, 15) is 14.0 Å². The largest absolute Gasteiger partial charge is 0.493 e. The van der Waals surface area contributed by atoms with E-state index in [0.717, 1.165) is 25.9 Å². The van der Waals surface area contributed by atoms with Crippen molar-refractivity contribution in [3.05, 3.63) is 47.0 Å². The number of ketones is 1. The quantitative estimate of drug-likeness (QED) is 0.338. The third kappa shape index (κ3) is 5.64. The molecule has 1 saturated heterocycles. The number of anilines is 2. The summed E-state index contributed by atoms with van der Waals surface area (Å²) in [7, 11) is 1.57. The molecule has 1 N–H and O–H groups in total. The predicted molar refractivity (Wildman–Crippen MR) is 147 cm³/mol. The molecule has 1 aliphatic carbocycles. The van der Waals surface area contributed by atoms with Crippen LogP contribution in [0.15, 0.2) is 30.6 Å². The van der Waals surface area contributed by atoms with Crippen LogP contribution in [-0.2, 0) is 9.59 Å². The van der Waals surface area contributed by atoms with Gasteiger partial charge in [0.1, 0.15) is 17.9 Å². The van der Waals surface area contributed by atoms with Gasteiger partial charge >= 0.3 is 0 Å². The molecule has 0 spiro atoms. The second kappa shape index (κ2) is 11.3. The first-order valence-electron chi connectivity index (χ1n) is 13.2. The van der Waals surface area contributed by atoms with E-state index in [1.165, 1.54) is 6.33 Å². The normalized spacial score (nSPS) is 20.2. The summed E-state index contributed by atoms with van der Waals surface area (Å²) in [6, 6.07) is 6.81. The van der Waals surface area contributed by atoms with Gasteiger partial charge in [-0.2, -0.15) is 0 Å². The summed E-state index contributed by atoms with van der Waals surface area (Å²) in [5, 5.41) is 4.07. The number of rotatable bonds is 9. The predicted octanol–water partition coefficient (Wildman–Crippen LogP) is 5.72. The number of methoxy groups -OCH3 is 1. The van der Waals surface area contributed by atoms with Crippen LogP contribution in [0.3, 0.4) is 0 Å². The van der Waals surface area contributed by atoms with Gasteiger partial charge in [-0.25, -0.2) is 14.4 Å². The number of hydrogen-bond acceptors (Lipinski definition) is 7. The van der Waals surface area contributed by atoms with Gasteiger partial charge in [0.15, 0.2) is 17.3 Å². The number of hydrogen-bond donors (Lipinski definition) is 1. The first-order valence-corrected chi connectivity index (χ1v) is 13.6. The Labute approximate surface area is 231 Å². The Balaban J connectivity index is 1.25. The molecule has 3 atom stereocenters. The van der Waals surface area contributed by atoms with Gasteiger partial charge in [-0.05, 0) is 55.7 Å². The second-order valence-corrected chi connectivity index (χ2v) is 10.8.